The number of hydrogen-bond donors (Lipinski definition) is 0. The Morgan fingerprint density at radius 1 is 1.38 bits per heavy atom. The van der Waals surface area contributed by atoms with Crippen molar-refractivity contribution in [2.75, 3.05) is 0 Å². The molecular weight excluding hydrogens is 217 g/mol. The molecule has 1 atom stereocenters. The first kappa shape index (κ1) is 11.2. The molecule has 0 radical (unpaired) electrons. The van der Waals surface area contributed by atoms with E-state index in [1.807, 2.05) is 0 Å². The van der Waals surface area contributed by atoms with Gasteiger partial charge in [-0.25, -0.2) is 0 Å². The van der Waals surface area contributed by atoms with Crippen molar-refractivity contribution in [3.8, 4) is 0 Å². The first-order valence-electron chi connectivity index (χ1n) is 5.04. The zero-order chi connectivity index (χ0) is 12.0. The number of halogens is 3. The quantitative estimate of drug-likeness (QED) is 0.675. The third-order valence-electron chi connectivity index (χ3n) is 3.22. The lowest BCUT2D eigenvalue weighted by Crippen LogP contribution is -2.19. The first-order chi connectivity index (χ1) is 7.37. The van der Waals surface area contributed by atoms with Gasteiger partial charge in [-0.05, 0) is 43.0 Å². The fourth-order valence-electron chi connectivity index (χ4n) is 2.19. The molecule has 0 spiro atoms. The summed E-state index contributed by atoms with van der Waals surface area (Å²) in [4.78, 5) is 11.0. The minimum Gasteiger partial charge on any atom is -0.302 e. The molecule has 1 aromatic carbocycles. The Bertz CT molecular complexity index is 436. The molecule has 0 aromatic heterocycles. The number of carbonyl (C=O) groups is 1. The van der Waals surface area contributed by atoms with E-state index in [0.717, 1.165) is 24.0 Å². The minimum atomic E-state index is -4.31. The maximum absolute atomic E-state index is 12.5. The number of benzene rings is 1. The van der Waals surface area contributed by atoms with Crippen LogP contribution in [0.3, 0.4) is 0 Å². The van der Waals surface area contributed by atoms with Crippen LogP contribution in [0.2, 0.25) is 0 Å². The lowest BCUT2D eigenvalue weighted by Gasteiger charge is -2.17. The summed E-state index contributed by atoms with van der Waals surface area (Å²) in [7, 11) is 0. The topological polar surface area (TPSA) is 17.1 Å². The van der Waals surface area contributed by atoms with Gasteiger partial charge < -0.3 is 4.79 Å². The Kier molecular flexibility index (Phi) is 2.33. The average Bonchev–Trinajstić information content (AvgIpc) is 2.56. The van der Waals surface area contributed by atoms with Crippen LogP contribution in [0, 0.1) is 0 Å². The summed E-state index contributed by atoms with van der Waals surface area (Å²) < 4.78 is 37.4. The van der Waals surface area contributed by atoms with Gasteiger partial charge in [0.2, 0.25) is 0 Å². The molecule has 1 aliphatic rings. The van der Waals surface area contributed by atoms with Crippen molar-refractivity contribution in [3.05, 3.63) is 34.9 Å². The lowest BCUT2D eigenvalue weighted by molar-refractivity contribution is -0.137. The highest BCUT2D eigenvalue weighted by Crippen LogP contribution is 2.40. The molecule has 86 valence electrons. The number of aldehydes is 1. The van der Waals surface area contributed by atoms with Gasteiger partial charge in [0.25, 0.3) is 0 Å². The molecule has 0 N–H and O–H groups in total. The maximum atomic E-state index is 12.5. The molecule has 0 amide bonds. The summed E-state index contributed by atoms with van der Waals surface area (Å²) in [6, 6.07) is 3.63. The molecule has 4 heteroatoms. The van der Waals surface area contributed by atoms with Crippen LogP contribution in [-0.2, 0) is 22.8 Å². The SMILES string of the molecule is CC1(C=O)CCc2cc(C(F)(F)F)ccc21. The highest BCUT2D eigenvalue weighted by Gasteiger charge is 2.37. The van der Waals surface area contributed by atoms with Crippen molar-refractivity contribution < 1.29 is 18.0 Å². The number of aryl methyl sites for hydroxylation is 1. The third-order valence-corrected chi connectivity index (χ3v) is 3.22. The number of alkyl halides is 3. The minimum absolute atomic E-state index is 0.536. The lowest BCUT2D eigenvalue weighted by atomic mass is 9.85. The Morgan fingerprint density at radius 2 is 2.06 bits per heavy atom. The normalized spacial score (nSPS) is 24.2. The molecule has 1 nitrogen and oxygen atoms in total. The molecule has 0 aliphatic heterocycles. The van der Waals surface area contributed by atoms with E-state index in [-0.39, 0.29) is 0 Å². The molecular formula is C12H11F3O. The Morgan fingerprint density at radius 3 is 2.62 bits per heavy atom. The monoisotopic (exact) mass is 228 g/mol. The van der Waals surface area contributed by atoms with Crippen molar-refractivity contribution in [1.29, 1.82) is 0 Å². The number of carbonyl (C=O) groups excluding carboxylic acids is 1. The van der Waals surface area contributed by atoms with E-state index in [1.165, 1.54) is 6.07 Å². The van der Waals surface area contributed by atoms with Gasteiger partial charge >= 0.3 is 6.18 Å². The second-order valence-electron chi connectivity index (χ2n) is 4.41. The number of hydrogen-bond acceptors (Lipinski definition) is 1. The average molecular weight is 228 g/mol. The van der Waals surface area contributed by atoms with Crippen LogP contribution in [0.1, 0.15) is 30.0 Å². The van der Waals surface area contributed by atoms with E-state index >= 15 is 0 Å². The summed E-state index contributed by atoms with van der Waals surface area (Å²) in [5.74, 6) is 0. The Hall–Kier alpha value is -1.32. The van der Waals surface area contributed by atoms with Gasteiger partial charge in [-0.3, -0.25) is 0 Å². The number of fused-ring (bicyclic) bond motifs is 1. The summed E-state index contributed by atoms with van der Waals surface area (Å²) >= 11 is 0. The zero-order valence-electron chi connectivity index (χ0n) is 8.77. The highest BCUT2D eigenvalue weighted by atomic mass is 19.4. The third kappa shape index (κ3) is 1.62. The second kappa shape index (κ2) is 3.34. The zero-order valence-corrected chi connectivity index (χ0v) is 8.77. The maximum Gasteiger partial charge on any atom is 0.416 e. The van der Waals surface area contributed by atoms with Crippen LogP contribution in [0.25, 0.3) is 0 Å². The molecule has 0 fully saturated rings. The fourth-order valence-corrected chi connectivity index (χ4v) is 2.19. The predicted molar refractivity (Wildman–Crippen MR) is 53.2 cm³/mol. The Balaban J connectivity index is 2.48. The van der Waals surface area contributed by atoms with Gasteiger partial charge in [0, 0.05) is 5.41 Å². The van der Waals surface area contributed by atoms with Crippen molar-refractivity contribution in [3.63, 3.8) is 0 Å². The standard InChI is InChI=1S/C12H11F3O/c1-11(7-16)5-4-8-6-9(12(13,14)15)2-3-10(8)11/h2-3,6-7H,4-5H2,1H3. The second-order valence-corrected chi connectivity index (χ2v) is 4.41. The summed E-state index contributed by atoms with van der Waals surface area (Å²) in [6.45, 7) is 1.76. The van der Waals surface area contributed by atoms with Crippen LogP contribution < -0.4 is 0 Å². The van der Waals surface area contributed by atoms with E-state index in [1.54, 1.807) is 6.92 Å². The summed E-state index contributed by atoms with van der Waals surface area (Å²) in [6.07, 6.45) is -2.36. The van der Waals surface area contributed by atoms with Crippen molar-refractivity contribution in [1.82, 2.24) is 0 Å². The summed E-state index contributed by atoms with van der Waals surface area (Å²) in [5, 5.41) is 0. The van der Waals surface area contributed by atoms with Gasteiger partial charge in [-0.1, -0.05) is 6.07 Å². The van der Waals surface area contributed by atoms with E-state index in [9.17, 15) is 18.0 Å². The molecule has 0 bridgehead atoms. The Labute approximate surface area is 91.3 Å². The van der Waals surface area contributed by atoms with E-state index in [0.29, 0.717) is 18.4 Å². The van der Waals surface area contributed by atoms with Gasteiger partial charge in [0.1, 0.15) is 6.29 Å². The molecule has 0 saturated heterocycles. The van der Waals surface area contributed by atoms with Gasteiger partial charge in [0.05, 0.1) is 5.56 Å². The fraction of sp³-hybridized carbons (Fsp3) is 0.417. The molecule has 16 heavy (non-hydrogen) atoms. The largest absolute Gasteiger partial charge is 0.416 e. The van der Waals surface area contributed by atoms with Crippen LogP contribution in [0.15, 0.2) is 18.2 Å². The highest BCUT2D eigenvalue weighted by molar-refractivity contribution is 5.71. The smallest absolute Gasteiger partial charge is 0.302 e. The van der Waals surface area contributed by atoms with E-state index in [4.69, 9.17) is 0 Å². The number of rotatable bonds is 1. The summed E-state index contributed by atoms with van der Waals surface area (Å²) in [5.41, 5.74) is 0.126. The molecule has 1 aliphatic carbocycles. The van der Waals surface area contributed by atoms with Crippen molar-refractivity contribution >= 4 is 6.29 Å². The van der Waals surface area contributed by atoms with Gasteiger partial charge in [-0.2, -0.15) is 13.2 Å². The van der Waals surface area contributed by atoms with Crippen LogP contribution >= 0.6 is 0 Å². The van der Waals surface area contributed by atoms with Crippen LogP contribution in [0.5, 0.6) is 0 Å². The first-order valence-corrected chi connectivity index (χ1v) is 5.04. The van der Waals surface area contributed by atoms with E-state index < -0.39 is 17.2 Å². The molecule has 0 saturated carbocycles. The molecule has 1 unspecified atom stereocenters. The predicted octanol–water partition coefficient (Wildman–Crippen LogP) is 3.11. The molecule has 2 rings (SSSR count). The van der Waals surface area contributed by atoms with E-state index in [2.05, 4.69) is 0 Å². The van der Waals surface area contributed by atoms with Crippen LogP contribution in [0.4, 0.5) is 13.2 Å². The van der Waals surface area contributed by atoms with Crippen molar-refractivity contribution in [2.45, 2.75) is 31.4 Å². The van der Waals surface area contributed by atoms with Gasteiger partial charge in [0.15, 0.2) is 0 Å². The molecule has 1 aromatic rings. The molecule has 0 heterocycles. The van der Waals surface area contributed by atoms with Crippen LogP contribution in [-0.4, -0.2) is 6.29 Å². The van der Waals surface area contributed by atoms with Gasteiger partial charge in [-0.15, -0.1) is 0 Å². The van der Waals surface area contributed by atoms with Crippen molar-refractivity contribution in [2.24, 2.45) is 0 Å².